The largest absolute Gasteiger partial charge is 0.497 e. The zero-order chi connectivity index (χ0) is 18.9. The van der Waals surface area contributed by atoms with Gasteiger partial charge >= 0.3 is 0 Å². The Morgan fingerprint density at radius 3 is 2.63 bits per heavy atom. The van der Waals surface area contributed by atoms with Crippen LogP contribution < -0.4 is 4.74 Å². The zero-order valence-electron chi connectivity index (χ0n) is 15.8. The summed E-state index contributed by atoms with van der Waals surface area (Å²) >= 11 is 0. The van der Waals surface area contributed by atoms with Gasteiger partial charge in [0.25, 0.3) is 0 Å². The smallest absolute Gasteiger partial charge is 0.132 e. The van der Waals surface area contributed by atoms with Gasteiger partial charge in [-0.05, 0) is 56.3 Å². The van der Waals surface area contributed by atoms with Gasteiger partial charge in [-0.1, -0.05) is 0 Å². The van der Waals surface area contributed by atoms with E-state index in [-0.39, 0.29) is 0 Å². The van der Waals surface area contributed by atoms with E-state index in [4.69, 9.17) is 19.7 Å². The number of likely N-dealkylation sites (tertiary alicyclic amines) is 1. The molecule has 6 heteroatoms. The number of hydrogen-bond donors (Lipinski definition) is 0. The van der Waals surface area contributed by atoms with E-state index in [1.54, 1.807) is 7.11 Å². The minimum absolute atomic E-state index is 0.402. The number of nitriles is 1. The van der Waals surface area contributed by atoms with Crippen LogP contribution in [0.3, 0.4) is 0 Å². The quantitative estimate of drug-likeness (QED) is 0.668. The Morgan fingerprint density at radius 1 is 1.15 bits per heavy atom. The van der Waals surface area contributed by atoms with Crippen LogP contribution in [0.2, 0.25) is 0 Å². The van der Waals surface area contributed by atoms with Gasteiger partial charge in [0, 0.05) is 24.2 Å². The lowest BCUT2D eigenvalue weighted by atomic mass is 9.95. The van der Waals surface area contributed by atoms with Crippen molar-refractivity contribution in [3.63, 3.8) is 0 Å². The van der Waals surface area contributed by atoms with Gasteiger partial charge in [-0.15, -0.1) is 0 Å². The van der Waals surface area contributed by atoms with Crippen LogP contribution in [0.4, 0.5) is 0 Å². The highest BCUT2D eigenvalue weighted by molar-refractivity contribution is 5.59. The van der Waals surface area contributed by atoms with Crippen molar-refractivity contribution in [1.29, 1.82) is 5.26 Å². The molecule has 1 aliphatic rings. The first-order valence-electron chi connectivity index (χ1n) is 9.44. The molecule has 0 aliphatic carbocycles. The zero-order valence-corrected chi connectivity index (χ0v) is 15.8. The summed E-state index contributed by atoms with van der Waals surface area (Å²) in [6, 6.07) is 12.0. The summed E-state index contributed by atoms with van der Waals surface area (Å²) in [7, 11) is 1.67. The van der Waals surface area contributed by atoms with Crippen molar-refractivity contribution in [1.82, 2.24) is 14.9 Å². The van der Waals surface area contributed by atoms with Crippen molar-refractivity contribution in [3.8, 4) is 23.1 Å². The molecule has 1 saturated heterocycles. The van der Waals surface area contributed by atoms with Gasteiger partial charge in [-0.2, -0.15) is 5.26 Å². The third-order valence-corrected chi connectivity index (χ3v) is 4.92. The van der Waals surface area contributed by atoms with Gasteiger partial charge in [-0.3, -0.25) is 0 Å². The van der Waals surface area contributed by atoms with Crippen LogP contribution in [0.1, 0.15) is 31.0 Å². The fourth-order valence-electron chi connectivity index (χ4n) is 3.32. The molecule has 2 heterocycles. The highest BCUT2D eigenvalue weighted by atomic mass is 16.5. The van der Waals surface area contributed by atoms with E-state index < -0.39 is 0 Å². The molecule has 0 spiro atoms. The van der Waals surface area contributed by atoms with E-state index in [2.05, 4.69) is 16.0 Å². The summed E-state index contributed by atoms with van der Waals surface area (Å²) in [5.41, 5.74) is 2.03. The number of benzene rings is 1. The number of aromatic nitrogens is 2. The van der Waals surface area contributed by atoms with Gasteiger partial charge in [0.2, 0.25) is 0 Å². The van der Waals surface area contributed by atoms with Crippen molar-refractivity contribution in [2.75, 3.05) is 40.0 Å². The van der Waals surface area contributed by atoms with Gasteiger partial charge in [0.15, 0.2) is 0 Å². The minimum atomic E-state index is 0.402. The summed E-state index contributed by atoms with van der Waals surface area (Å²) in [4.78, 5) is 11.8. The number of hydrogen-bond acceptors (Lipinski definition) is 6. The standard InChI is InChI=1S/C21H26N4O2/c1-26-19-5-3-17(4-6-19)20-7-11-23-21(24-20)18-8-12-25(13-9-18)14-16-27-15-2-10-22/h3-7,11,18H,2,8-9,12-16H2,1H3. The Kier molecular flexibility index (Phi) is 7.14. The SMILES string of the molecule is COc1ccc(-c2ccnc(C3CCN(CCOCCC#N)CC3)n2)cc1. The Morgan fingerprint density at radius 2 is 1.93 bits per heavy atom. The molecule has 1 aromatic carbocycles. The predicted octanol–water partition coefficient (Wildman–Crippen LogP) is 3.26. The van der Waals surface area contributed by atoms with Crippen LogP contribution in [-0.2, 0) is 4.74 Å². The maximum absolute atomic E-state index is 8.51. The van der Waals surface area contributed by atoms with Gasteiger partial charge < -0.3 is 14.4 Å². The lowest BCUT2D eigenvalue weighted by Gasteiger charge is -2.31. The lowest BCUT2D eigenvalue weighted by molar-refractivity contribution is 0.0967. The van der Waals surface area contributed by atoms with E-state index in [0.717, 1.165) is 55.3 Å². The Bertz CT molecular complexity index is 750. The van der Waals surface area contributed by atoms with Gasteiger partial charge in [0.1, 0.15) is 11.6 Å². The molecule has 0 amide bonds. The predicted molar refractivity (Wildman–Crippen MR) is 103 cm³/mol. The molecular weight excluding hydrogens is 340 g/mol. The summed E-state index contributed by atoms with van der Waals surface area (Å²) in [5.74, 6) is 2.18. The van der Waals surface area contributed by atoms with Gasteiger partial charge in [-0.25, -0.2) is 9.97 Å². The fraction of sp³-hybridized carbons (Fsp3) is 0.476. The monoisotopic (exact) mass is 366 g/mol. The van der Waals surface area contributed by atoms with Crippen molar-refractivity contribution in [2.24, 2.45) is 0 Å². The maximum Gasteiger partial charge on any atom is 0.132 e. The molecule has 1 aromatic heterocycles. The Hall–Kier alpha value is -2.49. The van der Waals surface area contributed by atoms with Crippen LogP contribution in [0, 0.1) is 11.3 Å². The van der Waals surface area contributed by atoms with Crippen molar-refractivity contribution >= 4 is 0 Å². The summed E-state index contributed by atoms with van der Waals surface area (Å²) in [6.45, 7) is 4.20. The van der Waals surface area contributed by atoms with Crippen LogP contribution in [0.15, 0.2) is 36.5 Å². The molecule has 27 heavy (non-hydrogen) atoms. The Labute approximate surface area is 160 Å². The van der Waals surface area contributed by atoms with E-state index >= 15 is 0 Å². The molecule has 3 rings (SSSR count). The molecule has 1 aliphatic heterocycles. The molecule has 0 atom stereocenters. The first-order chi connectivity index (χ1) is 13.3. The summed E-state index contributed by atoms with van der Waals surface area (Å²) < 4.78 is 10.7. The highest BCUT2D eigenvalue weighted by Crippen LogP contribution is 2.27. The van der Waals surface area contributed by atoms with Crippen molar-refractivity contribution in [2.45, 2.75) is 25.2 Å². The fourth-order valence-corrected chi connectivity index (χ4v) is 3.32. The molecule has 6 nitrogen and oxygen atoms in total. The average Bonchev–Trinajstić information content (AvgIpc) is 2.74. The van der Waals surface area contributed by atoms with Crippen LogP contribution in [-0.4, -0.2) is 54.8 Å². The number of ether oxygens (including phenoxy) is 2. The number of methoxy groups -OCH3 is 1. The molecule has 142 valence electrons. The molecule has 0 radical (unpaired) electrons. The number of nitrogens with zero attached hydrogens (tertiary/aromatic N) is 4. The third kappa shape index (κ3) is 5.49. The molecule has 1 fully saturated rings. The van der Waals surface area contributed by atoms with Crippen molar-refractivity contribution < 1.29 is 9.47 Å². The maximum atomic E-state index is 8.51. The second-order valence-electron chi connectivity index (χ2n) is 6.66. The molecule has 2 aromatic rings. The molecule has 0 N–H and O–H groups in total. The molecule has 0 bridgehead atoms. The second kappa shape index (κ2) is 10.0. The molecular formula is C21H26N4O2. The highest BCUT2D eigenvalue weighted by Gasteiger charge is 2.22. The summed E-state index contributed by atoms with van der Waals surface area (Å²) in [6.07, 6.45) is 4.44. The van der Waals surface area contributed by atoms with Crippen molar-refractivity contribution in [3.05, 3.63) is 42.4 Å². The number of piperidine rings is 1. The molecule has 0 saturated carbocycles. The van der Waals surface area contributed by atoms with Crippen LogP contribution in [0.25, 0.3) is 11.3 Å². The van der Waals surface area contributed by atoms with Gasteiger partial charge in [0.05, 0.1) is 38.5 Å². The third-order valence-electron chi connectivity index (χ3n) is 4.92. The first-order valence-corrected chi connectivity index (χ1v) is 9.44. The minimum Gasteiger partial charge on any atom is -0.497 e. The topological polar surface area (TPSA) is 71.3 Å². The van der Waals surface area contributed by atoms with E-state index in [9.17, 15) is 0 Å². The second-order valence-corrected chi connectivity index (χ2v) is 6.66. The normalized spacial score (nSPS) is 15.4. The number of rotatable bonds is 8. The van der Waals surface area contributed by atoms with E-state index in [0.29, 0.717) is 25.6 Å². The average molecular weight is 366 g/mol. The first kappa shape index (κ1) is 19.3. The van der Waals surface area contributed by atoms with E-state index in [1.807, 2.05) is 36.5 Å². The summed E-state index contributed by atoms with van der Waals surface area (Å²) in [5, 5.41) is 8.51. The van der Waals surface area contributed by atoms with Crippen LogP contribution in [0.5, 0.6) is 5.75 Å². The molecule has 0 unspecified atom stereocenters. The van der Waals surface area contributed by atoms with E-state index in [1.165, 1.54) is 0 Å². The van der Waals surface area contributed by atoms with Crippen LogP contribution >= 0.6 is 0 Å². The lowest BCUT2D eigenvalue weighted by Crippen LogP contribution is -2.35. The Balaban J connectivity index is 1.53.